The molecule has 1 fully saturated rings. The smallest absolute Gasteiger partial charge is 0.217 e. The van der Waals surface area contributed by atoms with Crippen LogP contribution in [0.3, 0.4) is 0 Å². The van der Waals surface area contributed by atoms with Gasteiger partial charge in [-0.2, -0.15) is 0 Å². The average molecular weight is 269 g/mol. The molecule has 6 heteroatoms. The second kappa shape index (κ2) is 6.11. The standard InChI is InChI=1S/C12H17ClN4O/c1-9(18)16-10-2-4-17(5-3-10)8-11-6-15-12(13)7-14-11/h6-7,10H,2-5,8H2,1H3,(H,16,18). The number of rotatable bonds is 3. The quantitative estimate of drug-likeness (QED) is 0.896. The van der Waals surface area contributed by atoms with Crippen LogP contribution in [0.15, 0.2) is 12.4 Å². The summed E-state index contributed by atoms with van der Waals surface area (Å²) in [4.78, 5) is 21.5. The van der Waals surface area contributed by atoms with Gasteiger partial charge in [0.1, 0.15) is 5.15 Å². The van der Waals surface area contributed by atoms with Gasteiger partial charge in [0.2, 0.25) is 5.91 Å². The summed E-state index contributed by atoms with van der Waals surface area (Å²) in [7, 11) is 0. The predicted octanol–water partition coefficient (Wildman–Crippen LogP) is 1.23. The first kappa shape index (κ1) is 13.2. The highest BCUT2D eigenvalue weighted by Gasteiger charge is 2.19. The number of nitrogens with zero attached hydrogens (tertiary/aromatic N) is 3. The molecule has 1 N–H and O–H groups in total. The molecule has 0 bridgehead atoms. The molecule has 1 saturated heterocycles. The van der Waals surface area contributed by atoms with Crippen molar-refractivity contribution in [2.24, 2.45) is 0 Å². The van der Waals surface area contributed by atoms with E-state index in [-0.39, 0.29) is 5.91 Å². The first-order valence-corrected chi connectivity index (χ1v) is 6.47. The highest BCUT2D eigenvalue weighted by molar-refractivity contribution is 6.29. The summed E-state index contributed by atoms with van der Waals surface area (Å²) >= 11 is 5.69. The SMILES string of the molecule is CC(=O)NC1CCN(Cc2cnc(Cl)cn2)CC1. The predicted molar refractivity (Wildman–Crippen MR) is 69.2 cm³/mol. The molecule has 5 nitrogen and oxygen atoms in total. The van der Waals surface area contributed by atoms with Crippen LogP contribution in [-0.4, -0.2) is 39.9 Å². The molecular formula is C12H17ClN4O. The fourth-order valence-corrected chi connectivity index (χ4v) is 2.27. The highest BCUT2D eigenvalue weighted by atomic mass is 35.5. The van der Waals surface area contributed by atoms with Gasteiger partial charge in [0.25, 0.3) is 0 Å². The largest absolute Gasteiger partial charge is 0.354 e. The molecule has 0 unspecified atom stereocenters. The van der Waals surface area contributed by atoms with Crippen molar-refractivity contribution >= 4 is 17.5 Å². The van der Waals surface area contributed by atoms with Crippen molar-refractivity contribution in [2.45, 2.75) is 32.4 Å². The number of carbonyl (C=O) groups excluding carboxylic acids is 1. The van der Waals surface area contributed by atoms with Crippen molar-refractivity contribution in [1.82, 2.24) is 20.2 Å². The Labute approximate surface area is 112 Å². The van der Waals surface area contributed by atoms with Crippen LogP contribution in [-0.2, 0) is 11.3 Å². The van der Waals surface area contributed by atoms with E-state index < -0.39 is 0 Å². The van der Waals surface area contributed by atoms with Crippen LogP contribution in [0.5, 0.6) is 0 Å². The van der Waals surface area contributed by atoms with Crippen LogP contribution < -0.4 is 5.32 Å². The Hall–Kier alpha value is -1.20. The molecule has 1 aliphatic heterocycles. The zero-order chi connectivity index (χ0) is 13.0. The van der Waals surface area contributed by atoms with Crippen LogP contribution in [0.4, 0.5) is 0 Å². The van der Waals surface area contributed by atoms with E-state index in [2.05, 4.69) is 20.2 Å². The van der Waals surface area contributed by atoms with E-state index in [4.69, 9.17) is 11.6 Å². The number of hydrogen-bond acceptors (Lipinski definition) is 4. The van der Waals surface area contributed by atoms with E-state index in [9.17, 15) is 4.79 Å². The molecule has 0 saturated carbocycles. The molecule has 1 aliphatic rings. The van der Waals surface area contributed by atoms with Gasteiger partial charge in [-0.1, -0.05) is 11.6 Å². The molecular weight excluding hydrogens is 252 g/mol. The van der Waals surface area contributed by atoms with Gasteiger partial charge in [0.15, 0.2) is 0 Å². The fourth-order valence-electron chi connectivity index (χ4n) is 2.17. The van der Waals surface area contributed by atoms with Crippen LogP contribution in [0, 0.1) is 0 Å². The third kappa shape index (κ3) is 3.92. The van der Waals surface area contributed by atoms with E-state index in [1.165, 1.54) is 0 Å². The number of piperidine rings is 1. The van der Waals surface area contributed by atoms with Gasteiger partial charge in [0.05, 0.1) is 18.1 Å². The number of nitrogens with one attached hydrogen (secondary N) is 1. The van der Waals surface area contributed by atoms with Gasteiger partial charge in [-0.05, 0) is 12.8 Å². The number of hydrogen-bond donors (Lipinski definition) is 1. The third-order valence-electron chi connectivity index (χ3n) is 3.05. The maximum atomic E-state index is 11.0. The lowest BCUT2D eigenvalue weighted by Gasteiger charge is -2.31. The van der Waals surface area contributed by atoms with Crippen LogP contribution in [0.1, 0.15) is 25.5 Å². The number of amides is 1. The molecule has 0 aromatic carbocycles. The van der Waals surface area contributed by atoms with Crippen molar-refractivity contribution in [3.63, 3.8) is 0 Å². The van der Waals surface area contributed by atoms with Crippen LogP contribution in [0.2, 0.25) is 5.15 Å². The Bertz CT molecular complexity index is 401. The summed E-state index contributed by atoms with van der Waals surface area (Å²) in [5.41, 5.74) is 0.928. The molecule has 2 rings (SSSR count). The van der Waals surface area contributed by atoms with E-state index in [1.54, 1.807) is 19.3 Å². The summed E-state index contributed by atoms with van der Waals surface area (Å²) in [5, 5.41) is 3.38. The van der Waals surface area contributed by atoms with E-state index in [1.807, 2.05) is 0 Å². The van der Waals surface area contributed by atoms with Crippen LogP contribution >= 0.6 is 11.6 Å². The summed E-state index contributed by atoms with van der Waals surface area (Å²) in [6.07, 6.45) is 5.25. The molecule has 1 amide bonds. The number of carbonyl (C=O) groups is 1. The van der Waals surface area contributed by atoms with Crippen LogP contribution in [0.25, 0.3) is 0 Å². The Morgan fingerprint density at radius 3 is 2.72 bits per heavy atom. The third-order valence-corrected chi connectivity index (χ3v) is 3.25. The lowest BCUT2D eigenvalue weighted by molar-refractivity contribution is -0.119. The van der Waals surface area contributed by atoms with Crippen molar-refractivity contribution in [3.8, 4) is 0 Å². The van der Waals surface area contributed by atoms with Crippen molar-refractivity contribution in [2.75, 3.05) is 13.1 Å². The number of halogens is 1. The maximum Gasteiger partial charge on any atom is 0.217 e. The molecule has 18 heavy (non-hydrogen) atoms. The average Bonchev–Trinajstić information content (AvgIpc) is 2.34. The summed E-state index contributed by atoms with van der Waals surface area (Å²) in [6.45, 7) is 4.29. The summed E-state index contributed by atoms with van der Waals surface area (Å²) in [5.74, 6) is 0.0528. The molecule has 0 aliphatic carbocycles. The maximum absolute atomic E-state index is 11.0. The minimum atomic E-state index is 0.0528. The van der Waals surface area contributed by atoms with Crippen molar-refractivity contribution < 1.29 is 4.79 Å². The normalized spacial score (nSPS) is 17.7. The van der Waals surface area contributed by atoms with E-state index in [0.29, 0.717) is 11.2 Å². The van der Waals surface area contributed by atoms with Gasteiger partial charge in [0, 0.05) is 32.6 Å². The van der Waals surface area contributed by atoms with E-state index >= 15 is 0 Å². The minimum absolute atomic E-state index is 0.0528. The Balaban J connectivity index is 1.79. The van der Waals surface area contributed by atoms with E-state index in [0.717, 1.165) is 38.2 Å². The van der Waals surface area contributed by atoms with Gasteiger partial charge < -0.3 is 5.32 Å². The monoisotopic (exact) mass is 268 g/mol. The molecule has 2 heterocycles. The summed E-state index contributed by atoms with van der Waals surface area (Å²) in [6, 6.07) is 0.315. The second-order valence-electron chi connectivity index (χ2n) is 4.58. The molecule has 0 atom stereocenters. The number of likely N-dealkylation sites (tertiary alicyclic amines) is 1. The minimum Gasteiger partial charge on any atom is -0.354 e. The molecule has 0 radical (unpaired) electrons. The molecule has 0 spiro atoms. The first-order valence-electron chi connectivity index (χ1n) is 6.09. The van der Waals surface area contributed by atoms with Crippen molar-refractivity contribution in [3.05, 3.63) is 23.2 Å². The molecule has 98 valence electrons. The zero-order valence-corrected chi connectivity index (χ0v) is 11.2. The second-order valence-corrected chi connectivity index (χ2v) is 4.97. The lowest BCUT2D eigenvalue weighted by atomic mass is 10.0. The van der Waals surface area contributed by atoms with Gasteiger partial charge in [-0.15, -0.1) is 0 Å². The van der Waals surface area contributed by atoms with Gasteiger partial charge in [-0.25, -0.2) is 4.98 Å². The highest BCUT2D eigenvalue weighted by Crippen LogP contribution is 2.13. The Kier molecular flexibility index (Phi) is 4.49. The summed E-state index contributed by atoms with van der Waals surface area (Å²) < 4.78 is 0. The molecule has 1 aromatic heterocycles. The Morgan fingerprint density at radius 1 is 1.44 bits per heavy atom. The zero-order valence-electron chi connectivity index (χ0n) is 10.4. The molecule has 1 aromatic rings. The lowest BCUT2D eigenvalue weighted by Crippen LogP contribution is -2.43. The Morgan fingerprint density at radius 2 is 2.17 bits per heavy atom. The number of aromatic nitrogens is 2. The van der Waals surface area contributed by atoms with Crippen molar-refractivity contribution in [1.29, 1.82) is 0 Å². The fraction of sp³-hybridized carbons (Fsp3) is 0.583. The topological polar surface area (TPSA) is 58.1 Å². The first-order chi connectivity index (χ1) is 8.63. The van der Waals surface area contributed by atoms with Gasteiger partial charge in [-0.3, -0.25) is 14.7 Å². The van der Waals surface area contributed by atoms with Gasteiger partial charge >= 0.3 is 0 Å².